The van der Waals surface area contributed by atoms with Gasteiger partial charge in [-0.3, -0.25) is 28.7 Å². The molecule has 8 rings (SSSR count). The van der Waals surface area contributed by atoms with Crippen LogP contribution in [0.15, 0.2) is 48.6 Å². The van der Waals surface area contributed by atoms with Gasteiger partial charge in [0.05, 0.1) is 51.2 Å². The van der Waals surface area contributed by atoms with Crippen LogP contribution in [0.25, 0.3) is 22.0 Å². The van der Waals surface area contributed by atoms with Crippen molar-refractivity contribution >= 4 is 55.8 Å². The molecule has 56 heavy (non-hydrogen) atoms. The Morgan fingerprint density at radius 3 is 2.48 bits per heavy atom. The number of rotatable bonds is 10. The Kier molecular flexibility index (Phi) is 8.75. The maximum absolute atomic E-state index is 15.5. The number of carbonyl (C=O) groups is 2. The topological polar surface area (TPSA) is 153 Å². The van der Waals surface area contributed by atoms with E-state index in [0.29, 0.717) is 27.7 Å². The van der Waals surface area contributed by atoms with Crippen LogP contribution >= 0.6 is 11.6 Å². The van der Waals surface area contributed by atoms with E-state index in [2.05, 4.69) is 32.1 Å². The van der Waals surface area contributed by atoms with Crippen molar-refractivity contribution in [3.05, 3.63) is 99.1 Å². The number of amides is 2. The van der Waals surface area contributed by atoms with Crippen LogP contribution in [0.2, 0.25) is 5.02 Å². The molecule has 4 heterocycles. The van der Waals surface area contributed by atoms with Gasteiger partial charge >= 0.3 is 0 Å². The van der Waals surface area contributed by atoms with Gasteiger partial charge in [-0.05, 0) is 36.2 Å². The summed E-state index contributed by atoms with van der Waals surface area (Å²) >= 11 is 6.58. The number of hydrogen-bond donors (Lipinski definition) is 3. The lowest BCUT2D eigenvalue weighted by molar-refractivity contribution is -0.123. The van der Waals surface area contributed by atoms with Crippen molar-refractivity contribution in [3.63, 3.8) is 0 Å². The molecule has 0 saturated heterocycles. The van der Waals surface area contributed by atoms with Crippen molar-refractivity contribution in [1.82, 2.24) is 29.9 Å². The largest absolute Gasteiger partial charge is 0.346 e. The molecule has 1 saturated carbocycles. The summed E-state index contributed by atoms with van der Waals surface area (Å²) in [6.45, 7) is 2.65. The zero-order valence-electron chi connectivity index (χ0n) is 29.2. The van der Waals surface area contributed by atoms with Crippen molar-refractivity contribution in [2.45, 2.75) is 50.1 Å². The molecule has 12 nitrogen and oxygen atoms in total. The second-order valence-electron chi connectivity index (χ2n) is 14.0. The number of aromatic nitrogens is 5. The first kappa shape index (κ1) is 37.5. The van der Waals surface area contributed by atoms with Gasteiger partial charge in [-0.25, -0.2) is 26.0 Å². The molecule has 3 atom stereocenters. The van der Waals surface area contributed by atoms with E-state index in [1.54, 1.807) is 12.1 Å². The number of benzene rings is 2. The first-order valence-corrected chi connectivity index (χ1v) is 19.3. The molecular formula is C36H29ClF6N8O4S. The van der Waals surface area contributed by atoms with Gasteiger partial charge in [-0.1, -0.05) is 29.8 Å². The van der Waals surface area contributed by atoms with Crippen molar-refractivity contribution in [1.29, 1.82) is 0 Å². The lowest BCUT2D eigenvalue weighted by atomic mass is 9.92. The van der Waals surface area contributed by atoms with E-state index in [0.717, 1.165) is 18.4 Å². The van der Waals surface area contributed by atoms with Gasteiger partial charge in [0.1, 0.15) is 29.6 Å². The second kappa shape index (κ2) is 13.1. The van der Waals surface area contributed by atoms with Gasteiger partial charge in [-0.15, -0.1) is 0 Å². The highest BCUT2D eigenvalue weighted by Gasteiger charge is 2.70. The van der Waals surface area contributed by atoms with Crippen LogP contribution in [0.1, 0.15) is 58.7 Å². The summed E-state index contributed by atoms with van der Waals surface area (Å²) < 4.78 is 117. The molecule has 0 radical (unpaired) electrons. The van der Waals surface area contributed by atoms with Gasteiger partial charge in [0, 0.05) is 48.6 Å². The van der Waals surface area contributed by atoms with Crippen LogP contribution in [0.4, 0.5) is 37.8 Å². The lowest BCUT2D eigenvalue weighted by Gasteiger charge is -2.26. The summed E-state index contributed by atoms with van der Waals surface area (Å²) in [6.07, 6.45) is -2.40. The van der Waals surface area contributed by atoms with Crippen molar-refractivity contribution in [2.75, 3.05) is 16.3 Å². The third-order valence-electron chi connectivity index (χ3n) is 10.1. The molecule has 20 heteroatoms. The quantitative estimate of drug-likeness (QED) is 0.109. The fourth-order valence-corrected chi connectivity index (χ4v) is 8.61. The van der Waals surface area contributed by atoms with Crippen molar-refractivity contribution in [3.8, 4) is 11.1 Å². The van der Waals surface area contributed by atoms with Gasteiger partial charge in [-0.2, -0.15) is 19.0 Å². The monoisotopic (exact) mass is 818 g/mol. The number of allylic oxidation sites excluding steroid dienone is 1. The van der Waals surface area contributed by atoms with Gasteiger partial charge < -0.3 is 10.6 Å². The summed E-state index contributed by atoms with van der Waals surface area (Å²) in [7, 11) is -2.32. The summed E-state index contributed by atoms with van der Waals surface area (Å²) in [4.78, 5) is 31.3. The summed E-state index contributed by atoms with van der Waals surface area (Å²) in [6, 6.07) is 6.00. The van der Waals surface area contributed by atoms with Crippen molar-refractivity contribution in [2.24, 2.45) is 13.0 Å². The normalized spacial score (nSPS) is 18.8. The summed E-state index contributed by atoms with van der Waals surface area (Å²) in [5.74, 6) is -9.29. The van der Waals surface area contributed by atoms with E-state index >= 15 is 8.78 Å². The molecule has 0 unspecified atom stereocenters. The lowest BCUT2D eigenvalue weighted by Crippen LogP contribution is -2.35. The number of nitrogens with one attached hydrogen (secondary N) is 3. The SMILES string of the molecule is C=C1[C@@H]2c3c(C(F)F)nn(CC(=O)N[C@@H](Cc4cc(F)cc(F)c4)c4nc5c(cc4-c4ccc(Cl)c6c(NS(C)(=O)=O)nn(C)c46)NC(=O)CC5)c3C(F)(F)[C@H]12. The number of pyridine rings is 1. The Bertz CT molecular complexity index is 2640. The smallest absolute Gasteiger partial charge is 0.297 e. The number of anilines is 2. The molecule has 2 amide bonds. The number of carbonyl (C=O) groups excluding carboxylic acids is 2. The molecule has 0 spiro atoms. The summed E-state index contributed by atoms with van der Waals surface area (Å²) in [5, 5.41) is 13.8. The summed E-state index contributed by atoms with van der Waals surface area (Å²) in [5.41, 5.74) is -0.284. The molecule has 5 aromatic rings. The molecule has 3 aliphatic rings. The highest BCUT2D eigenvalue weighted by atomic mass is 35.5. The Hall–Kier alpha value is -5.43. The predicted octanol–water partition coefficient (Wildman–Crippen LogP) is 6.43. The number of halogens is 7. The predicted molar refractivity (Wildman–Crippen MR) is 192 cm³/mol. The number of fused-ring (bicyclic) bond motifs is 5. The third-order valence-corrected chi connectivity index (χ3v) is 11.0. The molecule has 1 aliphatic heterocycles. The average Bonchev–Trinajstić information content (AvgIpc) is 3.32. The molecule has 2 aromatic carbocycles. The average molecular weight is 819 g/mol. The van der Waals surface area contributed by atoms with Crippen LogP contribution in [-0.4, -0.2) is 51.0 Å². The number of aryl methyl sites for hydroxylation is 2. The third kappa shape index (κ3) is 6.35. The Labute approximate surface area is 319 Å². The molecular weight excluding hydrogens is 790 g/mol. The molecule has 0 bridgehead atoms. The van der Waals surface area contributed by atoms with Gasteiger partial charge in [0.15, 0.2) is 5.82 Å². The van der Waals surface area contributed by atoms with E-state index in [-0.39, 0.29) is 74.9 Å². The zero-order chi connectivity index (χ0) is 40.2. The van der Waals surface area contributed by atoms with Gasteiger partial charge in [0.2, 0.25) is 21.8 Å². The van der Waals surface area contributed by atoms with E-state index in [1.807, 2.05) is 0 Å². The maximum atomic E-state index is 15.5. The maximum Gasteiger partial charge on any atom is 0.297 e. The molecule has 1 fully saturated rings. The highest BCUT2D eigenvalue weighted by molar-refractivity contribution is 7.92. The fraction of sp³-hybridized carbons (Fsp3) is 0.306. The van der Waals surface area contributed by atoms with E-state index < -0.39 is 75.7 Å². The molecule has 2 aliphatic carbocycles. The number of hydrogen-bond acceptors (Lipinski definition) is 7. The highest BCUT2D eigenvalue weighted by Crippen LogP contribution is 2.71. The minimum Gasteiger partial charge on any atom is -0.346 e. The molecule has 292 valence electrons. The van der Waals surface area contributed by atoms with Crippen LogP contribution < -0.4 is 15.4 Å². The number of sulfonamides is 1. The van der Waals surface area contributed by atoms with Crippen LogP contribution in [-0.2, 0) is 52.0 Å². The Balaban J connectivity index is 1.28. The minimum atomic E-state index is -3.84. The zero-order valence-corrected chi connectivity index (χ0v) is 30.8. The molecule has 3 aromatic heterocycles. The molecule has 3 N–H and O–H groups in total. The van der Waals surface area contributed by atoms with E-state index in [9.17, 15) is 35.6 Å². The van der Waals surface area contributed by atoms with Crippen LogP contribution in [0, 0.1) is 17.6 Å². The van der Waals surface area contributed by atoms with E-state index in [1.165, 1.54) is 17.8 Å². The fourth-order valence-electron chi connectivity index (χ4n) is 7.88. The minimum absolute atomic E-state index is 0.0534. The first-order valence-electron chi connectivity index (χ1n) is 17.0. The van der Waals surface area contributed by atoms with Crippen LogP contribution in [0.3, 0.4) is 0 Å². The van der Waals surface area contributed by atoms with Crippen LogP contribution in [0.5, 0.6) is 0 Å². The Morgan fingerprint density at radius 2 is 1.80 bits per heavy atom. The number of nitrogens with zero attached hydrogens (tertiary/aromatic N) is 5. The van der Waals surface area contributed by atoms with E-state index in [4.69, 9.17) is 16.6 Å². The van der Waals surface area contributed by atoms with Gasteiger partial charge in [0.25, 0.3) is 12.3 Å². The number of alkyl halides is 4. The Morgan fingerprint density at radius 1 is 1.09 bits per heavy atom. The van der Waals surface area contributed by atoms with Crippen molar-refractivity contribution < 1.29 is 44.3 Å². The second-order valence-corrected chi connectivity index (χ2v) is 16.1. The first-order chi connectivity index (χ1) is 26.3. The standard InChI is InChI=1S/C36H29ClF6N8O4S/c1-14-26-28-31(34(40)41)47-51(33(28)36(42,43)29(14)26)13-25(53)45-23(10-15-8-16(38)11-17(39)9-15)30-19(12-22-21(46-30)6-7-24(52)44-22)18-4-5-20(37)27-32(18)50(2)48-35(27)49-56(3,54)55/h4-5,8-9,11-12,23,26,29,34H,1,6-7,10,13H2,2-3H3,(H,44,52)(H,45,53)(H,48,49)/t23-,26+,29+/m0/s1.